The third kappa shape index (κ3) is 2.86. The molecule has 0 fully saturated rings. The molecule has 0 amide bonds. The zero-order chi connectivity index (χ0) is 20.9. The summed E-state index contributed by atoms with van der Waals surface area (Å²) in [5.41, 5.74) is 12.0. The van der Waals surface area contributed by atoms with E-state index in [1.165, 1.54) is 50.2 Å². The van der Waals surface area contributed by atoms with Crippen LogP contribution in [0.25, 0.3) is 11.1 Å². The van der Waals surface area contributed by atoms with E-state index in [1.807, 2.05) is 0 Å². The van der Waals surface area contributed by atoms with Gasteiger partial charge in [0.1, 0.15) is 0 Å². The molecule has 0 saturated carbocycles. The third-order valence-corrected chi connectivity index (χ3v) is 6.62. The summed E-state index contributed by atoms with van der Waals surface area (Å²) in [5.74, 6) is 0.471. The standard InChI is InChI=1S/C29H24BN/c1-20(2)23-16-28-26(21-10-5-3-6-11-21)18-24-14-9-15-25-19-27(22-12-7-4-8-13-22)29(17-23)30(28)31(24)25/h3-20H,1-2H3. The normalized spacial score (nSPS) is 18.9. The molecule has 4 aliphatic rings. The summed E-state index contributed by atoms with van der Waals surface area (Å²) in [6.07, 6.45) is 16.3. The predicted octanol–water partition coefficient (Wildman–Crippen LogP) is 6.78. The Kier molecular flexibility index (Phi) is 4.14. The van der Waals surface area contributed by atoms with E-state index < -0.39 is 0 Å². The van der Waals surface area contributed by atoms with Crippen LogP contribution in [0.15, 0.2) is 131 Å². The van der Waals surface area contributed by atoms with E-state index in [-0.39, 0.29) is 6.85 Å². The number of hydrogen-bond acceptors (Lipinski definition) is 1. The number of rotatable bonds is 3. The van der Waals surface area contributed by atoms with Gasteiger partial charge in [-0.15, -0.1) is 0 Å². The molecule has 2 aromatic carbocycles. The number of allylic oxidation sites excluding steroid dienone is 12. The van der Waals surface area contributed by atoms with Gasteiger partial charge in [-0.25, -0.2) is 0 Å². The quantitative estimate of drug-likeness (QED) is 0.516. The zero-order valence-electron chi connectivity index (χ0n) is 17.9. The largest absolute Gasteiger partial charge is 0.377 e. The lowest BCUT2D eigenvalue weighted by molar-refractivity contribution is 0.684. The summed E-state index contributed by atoms with van der Waals surface area (Å²) < 4.78 is 0. The average Bonchev–Trinajstić information content (AvgIpc) is 2.82. The van der Waals surface area contributed by atoms with E-state index in [0.29, 0.717) is 5.92 Å². The maximum Gasteiger partial charge on any atom is 0.329 e. The van der Waals surface area contributed by atoms with Gasteiger partial charge in [0.25, 0.3) is 0 Å². The van der Waals surface area contributed by atoms with E-state index in [4.69, 9.17) is 0 Å². The topological polar surface area (TPSA) is 3.24 Å². The Morgan fingerprint density at radius 2 is 1.45 bits per heavy atom. The van der Waals surface area contributed by atoms with E-state index >= 15 is 0 Å². The minimum atomic E-state index is 0.203. The molecule has 0 N–H and O–H groups in total. The fraction of sp³-hybridized carbons (Fsp3) is 0.103. The molecule has 0 bridgehead atoms. The van der Waals surface area contributed by atoms with Gasteiger partial charge >= 0.3 is 6.85 Å². The Morgan fingerprint density at radius 3 is 2.16 bits per heavy atom. The van der Waals surface area contributed by atoms with Gasteiger partial charge in [0.05, 0.1) is 0 Å². The summed E-state index contributed by atoms with van der Waals surface area (Å²) in [6, 6.07) is 21.7. The van der Waals surface area contributed by atoms with Crippen molar-refractivity contribution < 1.29 is 0 Å². The summed E-state index contributed by atoms with van der Waals surface area (Å²) in [6.45, 7) is 4.79. The monoisotopic (exact) mass is 397 g/mol. The van der Waals surface area contributed by atoms with E-state index in [0.717, 1.165) is 0 Å². The molecule has 148 valence electrons. The minimum absolute atomic E-state index is 0.203. The number of hydrogen-bond donors (Lipinski definition) is 0. The Balaban J connectivity index is 1.66. The van der Waals surface area contributed by atoms with E-state index in [2.05, 4.69) is 122 Å². The van der Waals surface area contributed by atoms with E-state index in [9.17, 15) is 0 Å². The summed E-state index contributed by atoms with van der Waals surface area (Å²) in [7, 11) is 0. The van der Waals surface area contributed by atoms with Crippen molar-refractivity contribution in [2.75, 3.05) is 0 Å². The fourth-order valence-electron chi connectivity index (χ4n) is 5.07. The first-order valence-electron chi connectivity index (χ1n) is 11.1. The van der Waals surface area contributed by atoms with Crippen LogP contribution in [-0.2, 0) is 0 Å². The first-order valence-corrected chi connectivity index (χ1v) is 11.1. The van der Waals surface area contributed by atoms with Crippen LogP contribution >= 0.6 is 0 Å². The number of benzene rings is 2. The molecule has 31 heavy (non-hydrogen) atoms. The van der Waals surface area contributed by atoms with Crippen LogP contribution in [-0.4, -0.2) is 11.7 Å². The van der Waals surface area contributed by atoms with Crippen molar-refractivity contribution >= 4 is 18.0 Å². The lowest BCUT2D eigenvalue weighted by Crippen LogP contribution is -2.47. The molecule has 4 heterocycles. The highest BCUT2D eigenvalue weighted by molar-refractivity contribution is 6.78. The molecule has 2 aromatic rings. The van der Waals surface area contributed by atoms with Gasteiger partial charge in [0, 0.05) is 11.4 Å². The maximum absolute atomic E-state index is 2.51. The molecular formula is C29H24BN. The van der Waals surface area contributed by atoms with Crippen LogP contribution in [0.2, 0.25) is 0 Å². The highest BCUT2D eigenvalue weighted by Crippen LogP contribution is 2.47. The highest BCUT2D eigenvalue weighted by atomic mass is 15.1. The van der Waals surface area contributed by atoms with Crippen molar-refractivity contribution in [2.24, 2.45) is 5.92 Å². The predicted molar refractivity (Wildman–Crippen MR) is 132 cm³/mol. The molecule has 4 aliphatic heterocycles. The molecule has 1 nitrogen and oxygen atoms in total. The Morgan fingerprint density at radius 1 is 0.742 bits per heavy atom. The zero-order valence-corrected chi connectivity index (χ0v) is 17.9. The Hall–Kier alpha value is -3.52. The first-order chi connectivity index (χ1) is 15.2. The van der Waals surface area contributed by atoms with Crippen LogP contribution in [0.3, 0.4) is 0 Å². The SMILES string of the molecule is CC(C)C1=CC2=C(c3ccccc3)C=C3C=CC=C4C=C(c5ccccc5)C(=C1)B2N43. The second kappa shape index (κ2) is 7.02. The van der Waals surface area contributed by atoms with Crippen molar-refractivity contribution in [1.82, 2.24) is 4.81 Å². The van der Waals surface area contributed by atoms with Crippen molar-refractivity contribution in [1.29, 1.82) is 0 Å². The molecule has 2 heteroatoms. The van der Waals surface area contributed by atoms with Crippen molar-refractivity contribution in [3.05, 3.63) is 142 Å². The molecule has 6 rings (SSSR count). The number of nitrogens with zero attached hydrogens (tertiary/aromatic N) is 1. The second-order valence-corrected chi connectivity index (χ2v) is 8.85. The molecule has 0 spiro atoms. The van der Waals surface area contributed by atoms with Crippen LogP contribution in [0.4, 0.5) is 0 Å². The lowest BCUT2D eigenvalue weighted by Gasteiger charge is -2.45. The van der Waals surface area contributed by atoms with Crippen LogP contribution in [0.1, 0.15) is 25.0 Å². The van der Waals surface area contributed by atoms with E-state index in [1.54, 1.807) is 0 Å². The van der Waals surface area contributed by atoms with Crippen molar-refractivity contribution in [2.45, 2.75) is 13.8 Å². The van der Waals surface area contributed by atoms with Crippen LogP contribution < -0.4 is 0 Å². The molecule has 0 aliphatic carbocycles. The van der Waals surface area contributed by atoms with Gasteiger partial charge in [-0.2, -0.15) is 0 Å². The third-order valence-electron chi connectivity index (χ3n) is 6.62. The lowest BCUT2D eigenvalue weighted by atomic mass is 9.40. The van der Waals surface area contributed by atoms with Crippen molar-refractivity contribution in [3.63, 3.8) is 0 Å². The summed E-state index contributed by atoms with van der Waals surface area (Å²) >= 11 is 0. The summed E-state index contributed by atoms with van der Waals surface area (Å²) in [4.78, 5) is 2.51. The van der Waals surface area contributed by atoms with Gasteiger partial charge in [-0.3, -0.25) is 0 Å². The molecule has 0 saturated heterocycles. The molecule has 0 radical (unpaired) electrons. The molecule has 0 unspecified atom stereocenters. The van der Waals surface area contributed by atoms with Gasteiger partial charge < -0.3 is 4.81 Å². The first kappa shape index (κ1) is 18.3. The second-order valence-electron chi connectivity index (χ2n) is 8.85. The minimum Gasteiger partial charge on any atom is -0.377 e. The van der Waals surface area contributed by atoms with Crippen molar-refractivity contribution in [3.8, 4) is 0 Å². The Labute approximate surface area is 184 Å². The Bertz CT molecular complexity index is 1280. The smallest absolute Gasteiger partial charge is 0.329 e. The van der Waals surface area contributed by atoms with Gasteiger partial charge in [-0.1, -0.05) is 92.7 Å². The van der Waals surface area contributed by atoms with Gasteiger partial charge in [0.2, 0.25) is 0 Å². The summed E-state index contributed by atoms with van der Waals surface area (Å²) in [5, 5.41) is 0. The van der Waals surface area contributed by atoms with Gasteiger partial charge in [-0.05, 0) is 69.0 Å². The van der Waals surface area contributed by atoms with Crippen LogP contribution in [0, 0.1) is 5.92 Å². The average molecular weight is 397 g/mol. The maximum atomic E-state index is 2.51. The molecular weight excluding hydrogens is 373 g/mol. The van der Waals surface area contributed by atoms with Gasteiger partial charge in [0.15, 0.2) is 0 Å². The van der Waals surface area contributed by atoms with Crippen LogP contribution in [0.5, 0.6) is 0 Å². The molecule has 0 atom stereocenters. The molecule has 0 aromatic heterocycles. The fourth-order valence-corrected chi connectivity index (χ4v) is 5.07. The highest BCUT2D eigenvalue weighted by Gasteiger charge is 2.44.